The number of rotatable bonds is 6. The fourth-order valence-electron chi connectivity index (χ4n) is 13.9. The zero-order chi connectivity index (χ0) is 53.4. The van der Waals surface area contributed by atoms with E-state index in [1.54, 1.807) is 0 Å². The normalized spacial score (nSPS) is 14.4. The number of nitrogens with zero attached hydrogens (tertiary/aromatic N) is 1. The van der Waals surface area contributed by atoms with E-state index in [-0.39, 0.29) is 10.8 Å². The lowest BCUT2D eigenvalue weighted by atomic mass is 9.65. The number of anilines is 3. The van der Waals surface area contributed by atoms with Crippen molar-refractivity contribution in [3.8, 4) is 33.4 Å². The first-order chi connectivity index (χ1) is 38.4. The van der Waals surface area contributed by atoms with Crippen LogP contribution < -0.4 is 4.90 Å². The van der Waals surface area contributed by atoms with E-state index in [4.69, 9.17) is 4.42 Å². The van der Waals surface area contributed by atoms with Gasteiger partial charge in [-0.2, -0.15) is 0 Å². The number of hydrogen-bond acceptors (Lipinski definition) is 3. The molecule has 0 bridgehead atoms. The van der Waals surface area contributed by atoms with Crippen molar-refractivity contribution < 1.29 is 4.42 Å². The van der Waals surface area contributed by atoms with Gasteiger partial charge in [-0.15, -0.1) is 0 Å². The Labute approximate surface area is 468 Å². The maximum Gasteiger partial charge on any atom is 0.143 e. The molecule has 0 saturated heterocycles. The monoisotopic (exact) mass is 1030 g/mol. The summed E-state index contributed by atoms with van der Waals surface area (Å²) < 4.78 is 6.89. The van der Waals surface area contributed by atoms with Gasteiger partial charge in [0.1, 0.15) is 11.2 Å². The molecule has 0 atom stereocenters. The van der Waals surface area contributed by atoms with Gasteiger partial charge in [-0.25, -0.2) is 0 Å². The van der Waals surface area contributed by atoms with E-state index in [9.17, 15) is 0 Å². The van der Waals surface area contributed by atoms with Gasteiger partial charge in [-0.1, -0.05) is 253 Å². The van der Waals surface area contributed by atoms with Crippen LogP contribution >= 0.6 is 11.8 Å². The Hall–Kier alpha value is -8.63. The van der Waals surface area contributed by atoms with E-state index < -0.39 is 10.8 Å². The summed E-state index contributed by atoms with van der Waals surface area (Å²) in [5, 5.41) is 2.22. The summed E-state index contributed by atoms with van der Waals surface area (Å²) >= 11 is 1.92. The van der Waals surface area contributed by atoms with Crippen LogP contribution in [0.4, 0.5) is 17.1 Å². The van der Waals surface area contributed by atoms with E-state index in [1.807, 2.05) is 11.8 Å². The second-order valence-electron chi connectivity index (χ2n) is 23.9. The number of fused-ring (bicyclic) bond motifs is 15. The van der Waals surface area contributed by atoms with Crippen molar-refractivity contribution in [3.63, 3.8) is 0 Å². The molecule has 11 aromatic carbocycles. The molecule has 3 heteroatoms. The molecule has 15 rings (SSSR count). The topological polar surface area (TPSA) is 16.4 Å². The summed E-state index contributed by atoms with van der Waals surface area (Å²) in [5.74, 6) is 0. The molecule has 1 aromatic heterocycles. The van der Waals surface area contributed by atoms with Crippen LogP contribution in [0.1, 0.15) is 97.2 Å². The van der Waals surface area contributed by atoms with E-state index in [0.717, 1.165) is 50.1 Å². The third-order valence-electron chi connectivity index (χ3n) is 17.5. The summed E-state index contributed by atoms with van der Waals surface area (Å²) in [4.78, 5) is 5.15. The Kier molecular flexibility index (Phi) is 10.5. The van der Waals surface area contributed by atoms with E-state index in [1.165, 1.54) is 87.7 Å². The van der Waals surface area contributed by atoms with Gasteiger partial charge < -0.3 is 9.32 Å². The minimum Gasteiger partial charge on any atom is -0.455 e. The number of furan rings is 1. The maximum absolute atomic E-state index is 6.89. The van der Waals surface area contributed by atoms with Crippen LogP contribution in [0.15, 0.2) is 263 Å². The van der Waals surface area contributed by atoms with Crippen molar-refractivity contribution in [3.05, 3.63) is 304 Å². The molecular weight excluding hydrogens is 975 g/mol. The summed E-state index contributed by atoms with van der Waals surface area (Å²) in [6, 6.07) is 93.9. The van der Waals surface area contributed by atoms with Crippen LogP contribution in [0.2, 0.25) is 0 Å². The van der Waals surface area contributed by atoms with Gasteiger partial charge in [-0.05, 0) is 137 Å². The zero-order valence-electron chi connectivity index (χ0n) is 45.4. The third-order valence-corrected chi connectivity index (χ3v) is 18.7. The third kappa shape index (κ3) is 6.92. The van der Waals surface area contributed by atoms with Crippen LogP contribution in [0, 0.1) is 0 Å². The molecular formula is C76H59NOS. The van der Waals surface area contributed by atoms with Crippen molar-refractivity contribution in [2.75, 3.05) is 4.90 Å². The van der Waals surface area contributed by atoms with Crippen LogP contribution in [0.3, 0.4) is 0 Å². The summed E-state index contributed by atoms with van der Waals surface area (Å²) in [7, 11) is 0. The Bertz CT molecular complexity index is 4330. The van der Waals surface area contributed by atoms with E-state index in [0.29, 0.717) is 0 Å². The molecule has 12 aromatic rings. The standard InChI is InChI=1S/C76H59NOS/c1-73(2,3)50-36-42-70-66(44-50)76(67-45-51(74(4,5)6)37-43-71(67)79-70)63-33-18-14-27-55(63)57-41-39-53(47-65(57)76)77(68-34-19-15-28-58(68)60-30-21-31-61-59-29-16-20-35-69(59)78-72(60)61)52-38-40-56-54-26-13-17-32-62(54)75(64(56)46-52,48-22-9-7-10-23-48)49-24-11-8-12-25-49/h7-47H,1-6H3. The smallest absolute Gasteiger partial charge is 0.143 e. The highest BCUT2D eigenvalue weighted by Gasteiger charge is 2.52. The summed E-state index contributed by atoms with van der Waals surface area (Å²) in [6.07, 6.45) is 0. The van der Waals surface area contributed by atoms with Crippen molar-refractivity contribution >= 4 is 50.8 Å². The average Bonchev–Trinajstić information content (AvgIpc) is 3.49. The first-order valence-corrected chi connectivity index (χ1v) is 28.6. The van der Waals surface area contributed by atoms with Crippen LogP contribution in [-0.2, 0) is 21.7 Å². The van der Waals surface area contributed by atoms with Gasteiger partial charge in [0.05, 0.1) is 16.5 Å². The predicted octanol–water partition coefficient (Wildman–Crippen LogP) is 20.5. The molecule has 3 aliphatic rings. The zero-order valence-corrected chi connectivity index (χ0v) is 46.3. The van der Waals surface area contributed by atoms with Crippen molar-refractivity contribution in [2.24, 2.45) is 0 Å². The second kappa shape index (κ2) is 17.4. The largest absolute Gasteiger partial charge is 0.455 e. The lowest BCUT2D eigenvalue weighted by molar-refractivity contribution is 0.581. The number of para-hydroxylation sites is 3. The van der Waals surface area contributed by atoms with Crippen molar-refractivity contribution in [1.82, 2.24) is 0 Å². The lowest BCUT2D eigenvalue weighted by Gasteiger charge is -2.41. The van der Waals surface area contributed by atoms with Crippen molar-refractivity contribution in [1.29, 1.82) is 0 Å². The van der Waals surface area contributed by atoms with Gasteiger partial charge >= 0.3 is 0 Å². The molecule has 2 heterocycles. The number of hydrogen-bond donors (Lipinski definition) is 0. The van der Waals surface area contributed by atoms with Gasteiger partial charge in [0.2, 0.25) is 0 Å². The molecule has 1 spiro atoms. The van der Waals surface area contributed by atoms with Gasteiger partial charge in [-0.3, -0.25) is 0 Å². The molecule has 79 heavy (non-hydrogen) atoms. The van der Waals surface area contributed by atoms with Crippen molar-refractivity contribution in [2.45, 2.75) is 73.0 Å². The predicted molar refractivity (Wildman–Crippen MR) is 330 cm³/mol. The van der Waals surface area contributed by atoms with Crippen LogP contribution in [0.25, 0.3) is 55.3 Å². The average molecular weight is 1030 g/mol. The summed E-state index contributed by atoms with van der Waals surface area (Å²) in [6.45, 7) is 14.1. The summed E-state index contributed by atoms with van der Waals surface area (Å²) in [5.41, 5.74) is 23.8. The Morgan fingerprint density at radius 1 is 0.342 bits per heavy atom. The Balaban J connectivity index is 1.05. The van der Waals surface area contributed by atoms with Gasteiger partial charge in [0.15, 0.2) is 0 Å². The minimum atomic E-state index is -0.624. The Morgan fingerprint density at radius 2 is 0.797 bits per heavy atom. The molecule has 1 aliphatic heterocycles. The highest BCUT2D eigenvalue weighted by atomic mass is 32.2. The van der Waals surface area contributed by atoms with Crippen LogP contribution in [0.5, 0.6) is 0 Å². The van der Waals surface area contributed by atoms with Gasteiger partial charge in [0.25, 0.3) is 0 Å². The highest BCUT2D eigenvalue weighted by molar-refractivity contribution is 7.99. The molecule has 0 unspecified atom stereocenters. The fourth-order valence-corrected chi connectivity index (χ4v) is 15.0. The maximum atomic E-state index is 6.89. The molecule has 0 saturated carbocycles. The lowest BCUT2D eigenvalue weighted by Crippen LogP contribution is -2.33. The molecule has 0 N–H and O–H groups in total. The molecule has 2 aliphatic carbocycles. The van der Waals surface area contributed by atoms with Crippen LogP contribution in [-0.4, -0.2) is 0 Å². The number of benzene rings is 11. The minimum absolute atomic E-state index is 0.0671. The highest BCUT2D eigenvalue weighted by Crippen LogP contribution is 2.64. The second-order valence-corrected chi connectivity index (χ2v) is 25.0. The van der Waals surface area contributed by atoms with Gasteiger partial charge in [0, 0.05) is 43.1 Å². The Morgan fingerprint density at radius 3 is 1.38 bits per heavy atom. The first-order valence-electron chi connectivity index (χ1n) is 27.8. The van der Waals surface area contributed by atoms with E-state index in [2.05, 4.69) is 295 Å². The van der Waals surface area contributed by atoms with E-state index >= 15 is 0 Å². The quantitative estimate of drug-likeness (QED) is 0.165. The molecule has 2 nitrogen and oxygen atoms in total. The SMILES string of the molecule is CC(C)(C)c1ccc2c(c1)C1(c3cc(C(C)(C)C)ccc3S2)c2ccccc2-c2ccc(N(c3ccc4c(c3)C(c3ccccc3)(c3ccccc3)c3ccccc3-4)c3ccccc3-c3cccc4c3oc3ccccc34)cc21. The fraction of sp³-hybridized carbons (Fsp3) is 0.132. The first kappa shape index (κ1) is 47.6. The molecule has 380 valence electrons. The molecule has 0 radical (unpaired) electrons. The molecule has 0 fully saturated rings. The molecule has 0 amide bonds.